The third kappa shape index (κ3) is 2.93. The zero-order chi connectivity index (χ0) is 14.7. The van der Waals surface area contributed by atoms with Crippen LogP contribution in [0.1, 0.15) is 24.6 Å². The van der Waals surface area contributed by atoms with Crippen molar-refractivity contribution in [2.45, 2.75) is 26.7 Å². The Morgan fingerprint density at radius 2 is 2.15 bits per heavy atom. The largest absolute Gasteiger partial charge is 0.496 e. The molecule has 2 rings (SSSR count). The van der Waals surface area contributed by atoms with Gasteiger partial charge in [-0.25, -0.2) is 4.98 Å². The first kappa shape index (κ1) is 14.8. The smallest absolute Gasteiger partial charge is 0.265 e. The topological polar surface area (TPSA) is 55.0 Å². The van der Waals surface area contributed by atoms with E-state index in [0.29, 0.717) is 16.0 Å². The molecule has 1 aromatic carbocycles. The highest BCUT2D eigenvalue weighted by Gasteiger charge is 2.13. The van der Waals surface area contributed by atoms with Gasteiger partial charge in [-0.1, -0.05) is 19.4 Å². The van der Waals surface area contributed by atoms with Crippen LogP contribution >= 0.6 is 15.9 Å². The third-order valence-corrected chi connectivity index (χ3v) is 3.85. The van der Waals surface area contributed by atoms with Crippen molar-refractivity contribution in [2.24, 2.45) is 0 Å². The van der Waals surface area contributed by atoms with Crippen LogP contribution in [-0.2, 0) is 6.42 Å². The van der Waals surface area contributed by atoms with E-state index in [1.807, 2.05) is 25.1 Å². The van der Waals surface area contributed by atoms with Gasteiger partial charge in [0.15, 0.2) is 0 Å². The number of benzene rings is 1. The molecule has 0 amide bonds. The maximum atomic E-state index is 12.0. The van der Waals surface area contributed by atoms with Crippen LogP contribution in [0.3, 0.4) is 0 Å². The number of halogens is 1. The van der Waals surface area contributed by atoms with E-state index in [9.17, 15) is 4.79 Å². The summed E-state index contributed by atoms with van der Waals surface area (Å²) < 4.78 is 5.89. The van der Waals surface area contributed by atoms with Crippen LogP contribution in [0.5, 0.6) is 5.75 Å². The summed E-state index contributed by atoms with van der Waals surface area (Å²) in [6.45, 7) is 4.05. The first-order valence-electron chi connectivity index (χ1n) is 6.50. The van der Waals surface area contributed by atoms with Gasteiger partial charge in [-0.2, -0.15) is 0 Å². The van der Waals surface area contributed by atoms with E-state index in [0.717, 1.165) is 29.7 Å². The van der Waals surface area contributed by atoms with E-state index in [4.69, 9.17) is 4.74 Å². The van der Waals surface area contributed by atoms with Gasteiger partial charge in [-0.05, 0) is 47.0 Å². The van der Waals surface area contributed by atoms with Gasteiger partial charge in [0, 0.05) is 0 Å². The van der Waals surface area contributed by atoms with Crippen LogP contribution in [0.15, 0.2) is 27.5 Å². The summed E-state index contributed by atoms with van der Waals surface area (Å²) >= 11 is 3.30. The summed E-state index contributed by atoms with van der Waals surface area (Å²) in [7, 11) is 1.61. The Bertz CT molecular complexity index is 680. The number of ether oxygens (including phenoxy) is 1. The normalized spacial score (nSPS) is 10.6. The molecule has 0 aliphatic carbocycles. The number of aromatic nitrogens is 2. The minimum absolute atomic E-state index is 0.166. The molecule has 106 valence electrons. The van der Waals surface area contributed by atoms with Crippen molar-refractivity contribution in [1.29, 1.82) is 0 Å². The highest BCUT2D eigenvalue weighted by Crippen LogP contribution is 2.28. The van der Waals surface area contributed by atoms with E-state index < -0.39 is 0 Å². The lowest BCUT2D eigenvalue weighted by Crippen LogP contribution is -2.14. The molecule has 2 aromatic rings. The molecule has 4 nitrogen and oxygen atoms in total. The van der Waals surface area contributed by atoms with Gasteiger partial charge in [0.2, 0.25) is 0 Å². The summed E-state index contributed by atoms with van der Waals surface area (Å²) in [6.07, 6.45) is 1.69. The Labute approximate surface area is 126 Å². The monoisotopic (exact) mass is 336 g/mol. The van der Waals surface area contributed by atoms with E-state index in [1.54, 1.807) is 7.11 Å². The number of rotatable bonds is 4. The van der Waals surface area contributed by atoms with Crippen molar-refractivity contribution in [2.75, 3.05) is 7.11 Å². The van der Waals surface area contributed by atoms with Crippen molar-refractivity contribution in [1.82, 2.24) is 9.97 Å². The molecule has 0 spiro atoms. The average molecular weight is 337 g/mol. The van der Waals surface area contributed by atoms with Crippen molar-refractivity contribution < 1.29 is 4.74 Å². The van der Waals surface area contributed by atoms with Gasteiger partial charge in [0.05, 0.1) is 18.4 Å². The number of nitrogens with one attached hydrogen (secondary N) is 1. The molecular weight excluding hydrogens is 320 g/mol. The molecule has 0 aliphatic heterocycles. The number of aryl methyl sites for hydroxylation is 2. The SMILES string of the molecule is CCCc1nc(-c2ccc(C)cc2OC)[nH]c(=O)c1Br. The van der Waals surface area contributed by atoms with Crippen LogP contribution in [0.25, 0.3) is 11.4 Å². The summed E-state index contributed by atoms with van der Waals surface area (Å²) in [5.41, 5.74) is 2.49. The lowest BCUT2D eigenvalue weighted by Gasteiger charge is -2.10. The number of nitrogens with zero attached hydrogens (tertiary/aromatic N) is 1. The number of hydrogen-bond acceptors (Lipinski definition) is 3. The fourth-order valence-corrected chi connectivity index (χ4v) is 2.42. The minimum Gasteiger partial charge on any atom is -0.496 e. The second-order valence-corrected chi connectivity index (χ2v) is 5.42. The van der Waals surface area contributed by atoms with Crippen LogP contribution < -0.4 is 10.3 Å². The predicted molar refractivity (Wildman–Crippen MR) is 83.3 cm³/mol. The van der Waals surface area contributed by atoms with E-state index in [2.05, 4.69) is 32.8 Å². The standard InChI is InChI=1S/C15H17BrN2O2/c1-4-5-11-13(16)15(19)18-14(17-11)10-7-6-9(2)8-12(10)20-3/h6-8H,4-5H2,1-3H3,(H,17,18,19). The third-order valence-electron chi connectivity index (χ3n) is 3.03. The lowest BCUT2D eigenvalue weighted by molar-refractivity contribution is 0.416. The average Bonchev–Trinajstić information content (AvgIpc) is 2.43. The van der Waals surface area contributed by atoms with Crippen molar-refractivity contribution in [3.63, 3.8) is 0 Å². The van der Waals surface area contributed by atoms with Gasteiger partial charge < -0.3 is 9.72 Å². The fourth-order valence-electron chi connectivity index (χ4n) is 2.03. The van der Waals surface area contributed by atoms with Gasteiger partial charge in [0.1, 0.15) is 16.0 Å². The zero-order valence-electron chi connectivity index (χ0n) is 11.8. The second-order valence-electron chi connectivity index (χ2n) is 4.63. The number of hydrogen-bond donors (Lipinski definition) is 1. The molecule has 20 heavy (non-hydrogen) atoms. The first-order valence-corrected chi connectivity index (χ1v) is 7.29. The molecule has 0 aliphatic rings. The predicted octanol–water partition coefficient (Wildman–Crippen LogP) is 3.47. The Kier molecular flexibility index (Phi) is 4.60. The van der Waals surface area contributed by atoms with Crippen molar-refractivity contribution >= 4 is 15.9 Å². The summed E-state index contributed by atoms with van der Waals surface area (Å²) in [6, 6.07) is 5.81. The molecule has 0 bridgehead atoms. The lowest BCUT2D eigenvalue weighted by atomic mass is 10.1. The second kappa shape index (κ2) is 6.22. The molecule has 1 N–H and O–H groups in total. The molecule has 0 unspecified atom stereocenters. The molecule has 1 aromatic heterocycles. The Hall–Kier alpha value is -1.62. The maximum absolute atomic E-state index is 12.0. The van der Waals surface area contributed by atoms with Gasteiger partial charge in [-0.3, -0.25) is 4.79 Å². The van der Waals surface area contributed by atoms with Crippen LogP contribution in [0, 0.1) is 6.92 Å². The van der Waals surface area contributed by atoms with Crippen molar-refractivity contribution in [3.8, 4) is 17.1 Å². The molecule has 0 saturated heterocycles. The molecule has 0 radical (unpaired) electrons. The highest BCUT2D eigenvalue weighted by atomic mass is 79.9. The number of aromatic amines is 1. The van der Waals surface area contributed by atoms with Crippen molar-refractivity contribution in [3.05, 3.63) is 44.3 Å². The first-order chi connectivity index (χ1) is 9.56. The van der Waals surface area contributed by atoms with E-state index in [-0.39, 0.29) is 5.56 Å². The molecule has 1 heterocycles. The van der Waals surface area contributed by atoms with Crippen LogP contribution in [0.2, 0.25) is 0 Å². The minimum atomic E-state index is -0.166. The number of H-pyrrole nitrogens is 1. The van der Waals surface area contributed by atoms with E-state index in [1.165, 1.54) is 0 Å². The molecule has 5 heteroatoms. The Morgan fingerprint density at radius 3 is 2.80 bits per heavy atom. The van der Waals surface area contributed by atoms with Gasteiger partial charge in [-0.15, -0.1) is 0 Å². The van der Waals surface area contributed by atoms with E-state index >= 15 is 0 Å². The van der Waals surface area contributed by atoms with Crippen LogP contribution in [-0.4, -0.2) is 17.1 Å². The fraction of sp³-hybridized carbons (Fsp3) is 0.333. The Morgan fingerprint density at radius 1 is 1.40 bits per heavy atom. The van der Waals surface area contributed by atoms with Gasteiger partial charge >= 0.3 is 0 Å². The maximum Gasteiger partial charge on any atom is 0.265 e. The zero-order valence-corrected chi connectivity index (χ0v) is 13.4. The summed E-state index contributed by atoms with van der Waals surface area (Å²) in [5.74, 6) is 1.25. The molecule has 0 atom stereocenters. The van der Waals surface area contributed by atoms with Crippen LogP contribution in [0.4, 0.5) is 0 Å². The summed E-state index contributed by atoms with van der Waals surface area (Å²) in [5, 5.41) is 0. The number of methoxy groups -OCH3 is 1. The molecule has 0 saturated carbocycles. The summed E-state index contributed by atoms with van der Waals surface area (Å²) in [4.78, 5) is 19.3. The van der Waals surface area contributed by atoms with Gasteiger partial charge in [0.25, 0.3) is 5.56 Å². The molecular formula is C15H17BrN2O2. The molecule has 0 fully saturated rings. The quantitative estimate of drug-likeness (QED) is 0.929. The Balaban J connectivity index is 2.61. The highest BCUT2D eigenvalue weighted by molar-refractivity contribution is 9.10.